The number of hydrogen-bond donors (Lipinski definition) is 7. The summed E-state index contributed by atoms with van der Waals surface area (Å²) in [5.41, 5.74) is 8.97. The number of aliphatic hydroxyl groups excluding tert-OH is 5. The number of carbonyl (C=O) groups excluding carboxylic acids is 1. The molecule has 10 N–H and O–H groups in total. The summed E-state index contributed by atoms with van der Waals surface area (Å²) in [6.07, 6.45) is 6.65. The van der Waals surface area contributed by atoms with Crippen LogP contribution in [-0.2, 0) is 14.3 Å². The lowest BCUT2D eigenvalue weighted by molar-refractivity contribution is -0.455. The Morgan fingerprint density at radius 3 is 2.00 bits per heavy atom. The van der Waals surface area contributed by atoms with Crippen molar-refractivity contribution in [3.05, 3.63) is 0 Å². The van der Waals surface area contributed by atoms with Crippen LogP contribution in [0.15, 0.2) is 0 Å². The normalized spacial score (nSPS) is 26.6. The molecule has 220 valence electrons. The molecule has 1 aliphatic heterocycles. The number of carbonyl (C=O) groups is 1. The second-order valence-corrected chi connectivity index (χ2v) is 11.4. The fourth-order valence-corrected chi connectivity index (χ4v) is 5.29. The summed E-state index contributed by atoms with van der Waals surface area (Å²) in [7, 11) is 0. The molecule has 37 heavy (non-hydrogen) atoms. The predicted octanol–water partition coefficient (Wildman–Crippen LogP) is 0.453. The highest BCUT2D eigenvalue weighted by atomic mass is 32.2. The van der Waals surface area contributed by atoms with Gasteiger partial charge < -0.3 is 46.5 Å². The number of amides is 1. The molecule has 0 spiro atoms. The van der Waals surface area contributed by atoms with Crippen molar-refractivity contribution in [2.45, 2.75) is 139 Å². The molecule has 1 fully saturated rings. The Morgan fingerprint density at radius 1 is 0.919 bits per heavy atom. The number of aliphatic hydroxyl groups is 5. The Balaban J connectivity index is 2.22. The quantitative estimate of drug-likeness (QED) is 0.0933. The van der Waals surface area contributed by atoms with Crippen LogP contribution >= 0.6 is 11.8 Å². The lowest BCUT2D eigenvalue weighted by Gasteiger charge is -2.40. The summed E-state index contributed by atoms with van der Waals surface area (Å²) < 4.78 is 11.1. The first kappa shape index (κ1) is 34.5. The minimum atomic E-state index is -1.50. The van der Waals surface area contributed by atoms with Crippen LogP contribution in [0, 0.1) is 0 Å². The molecular formula is C26H53N2O8S+. The molecule has 10 nitrogen and oxygen atoms in total. The smallest absolute Gasteiger partial charge is 0.227 e. The SMILES string of the molecule is CCCCCCCCCCCCCC[C@@H](O)[C@@H](O)[C@@H]([NH3+])CO[C@H]1OC(CSCC(N)=O)[C@H](O)C(O)[C@@H]1O. The van der Waals surface area contributed by atoms with E-state index in [1.807, 2.05) is 0 Å². The fourth-order valence-electron chi connectivity index (χ4n) is 4.46. The van der Waals surface area contributed by atoms with E-state index in [-0.39, 0.29) is 18.1 Å². The summed E-state index contributed by atoms with van der Waals surface area (Å²) in [5.74, 6) is -0.317. The third kappa shape index (κ3) is 14.5. The van der Waals surface area contributed by atoms with Crippen molar-refractivity contribution in [2.24, 2.45) is 5.73 Å². The highest BCUT2D eigenvalue weighted by molar-refractivity contribution is 7.99. The molecular weight excluding hydrogens is 500 g/mol. The molecule has 0 aromatic carbocycles. The number of thioether (sulfide) groups is 1. The van der Waals surface area contributed by atoms with E-state index in [2.05, 4.69) is 12.7 Å². The van der Waals surface area contributed by atoms with Gasteiger partial charge in [-0.3, -0.25) is 4.79 Å². The number of primary amides is 1. The number of rotatable bonds is 22. The second-order valence-electron chi connectivity index (χ2n) is 10.3. The summed E-state index contributed by atoms with van der Waals surface area (Å²) >= 11 is 1.14. The monoisotopic (exact) mass is 553 g/mol. The number of unbranched alkanes of at least 4 members (excludes halogenated alkanes) is 11. The molecule has 1 rings (SSSR count). The molecule has 0 aromatic rings. The third-order valence-electron chi connectivity index (χ3n) is 6.90. The molecule has 1 amide bonds. The molecule has 0 radical (unpaired) electrons. The maximum absolute atomic E-state index is 10.9. The maximum Gasteiger partial charge on any atom is 0.227 e. The van der Waals surface area contributed by atoms with Crippen LogP contribution in [0.2, 0.25) is 0 Å². The largest absolute Gasteiger partial charge is 0.390 e. The van der Waals surface area contributed by atoms with E-state index in [0.29, 0.717) is 6.42 Å². The fraction of sp³-hybridized carbons (Fsp3) is 0.962. The van der Waals surface area contributed by atoms with Gasteiger partial charge in [-0.1, -0.05) is 84.0 Å². The van der Waals surface area contributed by atoms with E-state index < -0.39 is 54.9 Å². The Labute approximate surface area is 226 Å². The maximum atomic E-state index is 10.9. The zero-order valence-electron chi connectivity index (χ0n) is 22.6. The second kappa shape index (κ2) is 20.4. The van der Waals surface area contributed by atoms with Crippen LogP contribution in [0.5, 0.6) is 0 Å². The van der Waals surface area contributed by atoms with Crippen molar-refractivity contribution in [3.63, 3.8) is 0 Å². The van der Waals surface area contributed by atoms with Crippen LogP contribution in [-0.4, -0.2) is 98.5 Å². The van der Waals surface area contributed by atoms with Crippen molar-refractivity contribution in [1.29, 1.82) is 0 Å². The lowest BCUT2D eigenvalue weighted by Crippen LogP contribution is -2.71. The van der Waals surface area contributed by atoms with Gasteiger partial charge in [0.1, 0.15) is 37.1 Å². The van der Waals surface area contributed by atoms with E-state index in [4.69, 9.17) is 15.2 Å². The first-order valence-corrected chi connectivity index (χ1v) is 15.2. The highest BCUT2D eigenvalue weighted by Gasteiger charge is 2.44. The number of hydrogen-bond acceptors (Lipinski definition) is 9. The molecule has 0 aromatic heterocycles. The van der Waals surface area contributed by atoms with Gasteiger partial charge in [-0.25, -0.2) is 0 Å². The Kier molecular flexibility index (Phi) is 19.0. The lowest BCUT2D eigenvalue weighted by atomic mass is 9.99. The van der Waals surface area contributed by atoms with E-state index in [9.17, 15) is 30.3 Å². The summed E-state index contributed by atoms with van der Waals surface area (Å²) in [6, 6.07) is -0.685. The van der Waals surface area contributed by atoms with Crippen molar-refractivity contribution in [3.8, 4) is 0 Å². The van der Waals surface area contributed by atoms with Gasteiger partial charge >= 0.3 is 0 Å². The third-order valence-corrected chi connectivity index (χ3v) is 7.95. The van der Waals surface area contributed by atoms with E-state index >= 15 is 0 Å². The molecule has 11 heteroatoms. The zero-order valence-corrected chi connectivity index (χ0v) is 23.4. The molecule has 0 bridgehead atoms. The molecule has 0 aliphatic carbocycles. The number of nitrogens with two attached hydrogens (primary N) is 1. The minimum absolute atomic E-state index is 0.0288. The van der Waals surface area contributed by atoms with Gasteiger partial charge in [0.25, 0.3) is 0 Å². The van der Waals surface area contributed by atoms with Gasteiger partial charge in [0.05, 0.1) is 18.0 Å². The van der Waals surface area contributed by atoms with Gasteiger partial charge in [-0.2, -0.15) is 0 Å². The Hall–Kier alpha value is -0.500. The van der Waals surface area contributed by atoms with E-state index in [1.54, 1.807) is 0 Å². The zero-order chi connectivity index (χ0) is 27.6. The standard InChI is InChI=1S/C26H52N2O8S/c1-2-3-4-5-6-7-8-9-10-11-12-13-14-19(29)22(31)18(27)15-35-26-25(34)24(33)23(32)20(36-26)16-37-17-21(28)30/h18-20,22-26,29,31-34H,2-17,27H2,1H3,(H2,28,30)/p+1/t18-,19+,20?,22-,23-,24?,25-,26-/m0/s1. The van der Waals surface area contributed by atoms with Crippen LogP contribution in [0.4, 0.5) is 0 Å². The molecule has 0 saturated carbocycles. The van der Waals surface area contributed by atoms with Gasteiger partial charge in [0.2, 0.25) is 5.91 Å². The topological polar surface area (TPSA) is 190 Å². The first-order chi connectivity index (χ1) is 17.7. The Morgan fingerprint density at radius 2 is 1.46 bits per heavy atom. The van der Waals surface area contributed by atoms with Crippen LogP contribution in [0.1, 0.15) is 90.4 Å². The summed E-state index contributed by atoms with van der Waals surface area (Å²) in [4.78, 5) is 10.9. The number of ether oxygens (including phenoxy) is 2. The summed E-state index contributed by atoms with van der Waals surface area (Å²) in [6.45, 7) is 2.11. The van der Waals surface area contributed by atoms with Gasteiger partial charge in [-0.05, 0) is 6.42 Å². The van der Waals surface area contributed by atoms with Crippen molar-refractivity contribution >= 4 is 17.7 Å². The van der Waals surface area contributed by atoms with E-state index in [1.165, 1.54) is 57.8 Å². The number of quaternary nitrogens is 1. The minimum Gasteiger partial charge on any atom is -0.390 e. The van der Waals surface area contributed by atoms with Crippen molar-refractivity contribution in [1.82, 2.24) is 0 Å². The molecule has 1 aliphatic rings. The summed E-state index contributed by atoms with van der Waals surface area (Å²) in [5, 5.41) is 51.3. The molecule has 1 heterocycles. The highest BCUT2D eigenvalue weighted by Crippen LogP contribution is 2.25. The Bertz CT molecular complexity index is 591. The van der Waals surface area contributed by atoms with Crippen molar-refractivity contribution < 1.29 is 45.5 Å². The van der Waals surface area contributed by atoms with Crippen LogP contribution in [0.3, 0.4) is 0 Å². The molecule has 2 unspecified atom stereocenters. The predicted molar refractivity (Wildman–Crippen MR) is 144 cm³/mol. The van der Waals surface area contributed by atoms with Crippen molar-refractivity contribution in [2.75, 3.05) is 18.1 Å². The average molecular weight is 554 g/mol. The van der Waals surface area contributed by atoms with Gasteiger partial charge in [0, 0.05) is 5.75 Å². The van der Waals surface area contributed by atoms with Crippen LogP contribution < -0.4 is 11.5 Å². The first-order valence-electron chi connectivity index (χ1n) is 14.1. The van der Waals surface area contributed by atoms with Gasteiger partial charge in [0.15, 0.2) is 6.29 Å². The molecule has 1 saturated heterocycles. The van der Waals surface area contributed by atoms with Crippen LogP contribution in [0.25, 0.3) is 0 Å². The average Bonchev–Trinajstić information content (AvgIpc) is 2.87. The molecule has 8 atom stereocenters. The van der Waals surface area contributed by atoms with E-state index in [0.717, 1.165) is 31.0 Å². The van der Waals surface area contributed by atoms with Gasteiger partial charge in [-0.15, -0.1) is 11.8 Å².